The van der Waals surface area contributed by atoms with Gasteiger partial charge in [0.25, 0.3) is 0 Å². The molecular formula is C15H22FN3O2. The fourth-order valence-electron chi connectivity index (χ4n) is 3.59. The van der Waals surface area contributed by atoms with Gasteiger partial charge >= 0.3 is 0 Å². The summed E-state index contributed by atoms with van der Waals surface area (Å²) in [6, 6.07) is 0. The topological polar surface area (TPSA) is 47.5 Å². The second-order valence-electron chi connectivity index (χ2n) is 6.03. The van der Waals surface area contributed by atoms with E-state index >= 15 is 0 Å². The SMILES string of the molecule is COC[C@@H]1COCCC12CCN(c1ncc(F)cn1)CC2. The Balaban J connectivity index is 1.67. The van der Waals surface area contributed by atoms with Crippen molar-refractivity contribution in [1.29, 1.82) is 0 Å². The highest BCUT2D eigenvalue weighted by Gasteiger charge is 2.43. The van der Waals surface area contributed by atoms with Crippen molar-refractivity contribution in [3.05, 3.63) is 18.2 Å². The number of ether oxygens (including phenoxy) is 2. The molecule has 3 heterocycles. The van der Waals surface area contributed by atoms with E-state index < -0.39 is 5.82 Å². The Morgan fingerprint density at radius 2 is 2.05 bits per heavy atom. The molecular weight excluding hydrogens is 273 g/mol. The first-order chi connectivity index (χ1) is 10.2. The second kappa shape index (κ2) is 6.23. The number of methoxy groups -OCH3 is 1. The van der Waals surface area contributed by atoms with E-state index in [1.54, 1.807) is 7.11 Å². The van der Waals surface area contributed by atoms with Gasteiger partial charge in [0.2, 0.25) is 5.95 Å². The normalized spacial score (nSPS) is 25.2. The first-order valence-corrected chi connectivity index (χ1v) is 7.53. The van der Waals surface area contributed by atoms with E-state index in [2.05, 4.69) is 14.9 Å². The van der Waals surface area contributed by atoms with Gasteiger partial charge in [0.15, 0.2) is 5.82 Å². The highest BCUT2D eigenvalue weighted by molar-refractivity contribution is 5.29. The monoisotopic (exact) mass is 295 g/mol. The summed E-state index contributed by atoms with van der Waals surface area (Å²) in [6.07, 6.45) is 5.74. The van der Waals surface area contributed by atoms with Gasteiger partial charge in [0.05, 0.1) is 25.6 Å². The highest BCUT2D eigenvalue weighted by atomic mass is 19.1. The zero-order valence-corrected chi connectivity index (χ0v) is 12.4. The van der Waals surface area contributed by atoms with Gasteiger partial charge in [0.1, 0.15) is 0 Å². The molecule has 2 fully saturated rings. The number of hydrogen-bond donors (Lipinski definition) is 0. The predicted octanol–water partition coefficient (Wildman–Crippen LogP) is 1.89. The quantitative estimate of drug-likeness (QED) is 0.852. The smallest absolute Gasteiger partial charge is 0.225 e. The second-order valence-corrected chi connectivity index (χ2v) is 6.03. The number of rotatable bonds is 3. The Bertz CT molecular complexity index is 458. The van der Waals surface area contributed by atoms with Gasteiger partial charge in [0, 0.05) is 32.7 Å². The summed E-state index contributed by atoms with van der Waals surface area (Å²) in [6.45, 7) is 4.21. The highest BCUT2D eigenvalue weighted by Crippen LogP contribution is 2.45. The van der Waals surface area contributed by atoms with Crippen molar-refractivity contribution in [2.45, 2.75) is 19.3 Å². The lowest BCUT2D eigenvalue weighted by Gasteiger charge is -2.48. The molecule has 1 spiro atoms. The maximum atomic E-state index is 12.9. The number of hydrogen-bond acceptors (Lipinski definition) is 5. The van der Waals surface area contributed by atoms with Crippen LogP contribution in [0.5, 0.6) is 0 Å². The van der Waals surface area contributed by atoms with Crippen LogP contribution in [0.2, 0.25) is 0 Å². The molecule has 0 amide bonds. The van der Waals surface area contributed by atoms with Crippen molar-refractivity contribution in [2.75, 3.05) is 44.9 Å². The first kappa shape index (κ1) is 14.7. The molecule has 0 saturated carbocycles. The molecule has 0 aliphatic carbocycles. The molecule has 116 valence electrons. The van der Waals surface area contributed by atoms with Crippen LogP contribution in [0.25, 0.3) is 0 Å². The van der Waals surface area contributed by atoms with Crippen LogP contribution in [0.3, 0.4) is 0 Å². The molecule has 0 aromatic carbocycles. The van der Waals surface area contributed by atoms with E-state index in [1.807, 2.05) is 0 Å². The summed E-state index contributed by atoms with van der Waals surface area (Å²) in [5, 5.41) is 0. The van der Waals surface area contributed by atoms with Crippen LogP contribution >= 0.6 is 0 Å². The van der Waals surface area contributed by atoms with E-state index in [9.17, 15) is 4.39 Å². The average Bonchev–Trinajstić information content (AvgIpc) is 2.52. The summed E-state index contributed by atoms with van der Waals surface area (Å²) in [5.41, 5.74) is 0.310. The molecule has 1 atom stereocenters. The molecule has 2 aliphatic heterocycles. The Hall–Kier alpha value is -1.27. The van der Waals surface area contributed by atoms with Crippen LogP contribution in [0.4, 0.5) is 10.3 Å². The maximum Gasteiger partial charge on any atom is 0.225 e. The lowest BCUT2D eigenvalue weighted by Crippen LogP contribution is -2.49. The minimum Gasteiger partial charge on any atom is -0.384 e. The predicted molar refractivity (Wildman–Crippen MR) is 76.7 cm³/mol. The van der Waals surface area contributed by atoms with Gasteiger partial charge < -0.3 is 14.4 Å². The summed E-state index contributed by atoms with van der Waals surface area (Å²) in [5.74, 6) is 0.700. The minimum absolute atomic E-state index is 0.310. The third kappa shape index (κ3) is 3.01. The summed E-state index contributed by atoms with van der Waals surface area (Å²) in [4.78, 5) is 10.3. The maximum absolute atomic E-state index is 12.9. The van der Waals surface area contributed by atoms with Gasteiger partial charge in [-0.25, -0.2) is 14.4 Å². The van der Waals surface area contributed by atoms with E-state index in [0.29, 0.717) is 17.3 Å². The fraction of sp³-hybridized carbons (Fsp3) is 0.733. The van der Waals surface area contributed by atoms with E-state index in [-0.39, 0.29) is 0 Å². The van der Waals surface area contributed by atoms with Gasteiger partial charge in [-0.15, -0.1) is 0 Å². The van der Waals surface area contributed by atoms with Crippen LogP contribution in [-0.2, 0) is 9.47 Å². The Kier molecular flexibility index (Phi) is 4.35. The van der Waals surface area contributed by atoms with Gasteiger partial charge in [-0.1, -0.05) is 0 Å². The summed E-state index contributed by atoms with van der Waals surface area (Å²) >= 11 is 0. The Morgan fingerprint density at radius 3 is 2.71 bits per heavy atom. The number of anilines is 1. The zero-order chi connectivity index (χ0) is 14.7. The molecule has 0 bridgehead atoms. The van der Waals surface area contributed by atoms with Gasteiger partial charge in [-0.3, -0.25) is 0 Å². The van der Waals surface area contributed by atoms with Crippen molar-refractivity contribution in [1.82, 2.24) is 9.97 Å². The lowest BCUT2D eigenvalue weighted by molar-refractivity contribution is -0.0799. The van der Waals surface area contributed by atoms with Crippen molar-refractivity contribution in [2.24, 2.45) is 11.3 Å². The summed E-state index contributed by atoms with van der Waals surface area (Å²) in [7, 11) is 1.75. The Morgan fingerprint density at radius 1 is 1.33 bits per heavy atom. The molecule has 0 unspecified atom stereocenters. The van der Waals surface area contributed by atoms with Crippen molar-refractivity contribution in [3.8, 4) is 0 Å². The fourth-order valence-corrected chi connectivity index (χ4v) is 3.59. The number of nitrogens with zero attached hydrogens (tertiary/aromatic N) is 3. The number of aromatic nitrogens is 2. The summed E-state index contributed by atoms with van der Waals surface area (Å²) < 4.78 is 23.9. The van der Waals surface area contributed by atoms with Gasteiger partial charge in [-0.05, 0) is 24.7 Å². The molecule has 1 aromatic heterocycles. The number of halogens is 1. The molecule has 6 heteroatoms. The van der Waals surface area contributed by atoms with E-state index in [1.165, 1.54) is 12.4 Å². The molecule has 3 rings (SSSR count). The van der Waals surface area contributed by atoms with Crippen LogP contribution in [0.15, 0.2) is 12.4 Å². The van der Waals surface area contributed by atoms with Gasteiger partial charge in [-0.2, -0.15) is 0 Å². The minimum atomic E-state index is -0.392. The number of piperidine rings is 1. The van der Waals surface area contributed by atoms with Crippen LogP contribution in [0.1, 0.15) is 19.3 Å². The van der Waals surface area contributed by atoms with Crippen LogP contribution in [-0.4, -0.2) is 50.0 Å². The van der Waals surface area contributed by atoms with Crippen molar-refractivity contribution >= 4 is 5.95 Å². The molecule has 0 radical (unpaired) electrons. The first-order valence-electron chi connectivity index (χ1n) is 7.53. The van der Waals surface area contributed by atoms with Crippen molar-refractivity contribution < 1.29 is 13.9 Å². The molecule has 2 saturated heterocycles. The third-order valence-corrected chi connectivity index (χ3v) is 4.95. The zero-order valence-electron chi connectivity index (χ0n) is 12.4. The van der Waals surface area contributed by atoms with Crippen LogP contribution in [0, 0.1) is 17.2 Å². The molecule has 5 nitrogen and oxygen atoms in total. The average molecular weight is 295 g/mol. The molecule has 1 aromatic rings. The lowest BCUT2D eigenvalue weighted by atomic mass is 9.66. The van der Waals surface area contributed by atoms with E-state index in [0.717, 1.165) is 52.2 Å². The molecule has 21 heavy (non-hydrogen) atoms. The standard InChI is InChI=1S/C15H22FN3O2/c1-20-10-12-11-21-7-4-15(12)2-5-19(6-3-15)14-17-8-13(16)9-18-14/h8-9,12H,2-7,10-11H2,1H3/t12-/m1/s1. The third-order valence-electron chi connectivity index (χ3n) is 4.95. The Labute approximate surface area is 124 Å². The van der Waals surface area contributed by atoms with Crippen LogP contribution < -0.4 is 4.90 Å². The molecule has 0 N–H and O–H groups in total. The molecule has 2 aliphatic rings. The van der Waals surface area contributed by atoms with Crippen molar-refractivity contribution in [3.63, 3.8) is 0 Å². The van der Waals surface area contributed by atoms with E-state index in [4.69, 9.17) is 9.47 Å². The largest absolute Gasteiger partial charge is 0.384 e.